The highest BCUT2D eigenvalue weighted by Gasteiger charge is 2.34. The van der Waals surface area contributed by atoms with Gasteiger partial charge in [-0.05, 0) is 12.8 Å². The van der Waals surface area contributed by atoms with E-state index in [1.54, 1.807) is 0 Å². The lowest BCUT2D eigenvalue weighted by Gasteiger charge is -2.34. The molecule has 0 spiro atoms. The fraction of sp³-hybridized carbons (Fsp3) is 0.571. The first-order valence-corrected chi connectivity index (χ1v) is 7.92. The summed E-state index contributed by atoms with van der Waals surface area (Å²) in [7, 11) is 1.91. The van der Waals surface area contributed by atoms with Gasteiger partial charge >= 0.3 is 0 Å². The minimum Gasteiger partial charge on any atom is -0.363 e. The second kappa shape index (κ2) is 6.97. The van der Waals surface area contributed by atoms with Gasteiger partial charge in [0.2, 0.25) is 11.8 Å². The molecule has 2 amide bonds. The fourth-order valence-corrected chi connectivity index (χ4v) is 2.83. The number of hydrogen-bond acceptors (Lipinski definition) is 8. The van der Waals surface area contributed by atoms with Gasteiger partial charge in [-0.2, -0.15) is 4.98 Å². The zero-order valence-electron chi connectivity index (χ0n) is 14.0. The summed E-state index contributed by atoms with van der Waals surface area (Å²) >= 11 is 0. The van der Waals surface area contributed by atoms with E-state index in [0.29, 0.717) is 12.5 Å². The summed E-state index contributed by atoms with van der Waals surface area (Å²) in [4.78, 5) is 25.8. The van der Waals surface area contributed by atoms with Crippen molar-refractivity contribution in [1.82, 2.24) is 35.5 Å². The molecule has 11 heteroatoms. The number of nitrogens with one attached hydrogen (secondary N) is 2. The number of carbonyl (C=O) groups excluding carboxylic acids is 2. The molecule has 25 heavy (non-hydrogen) atoms. The molecule has 2 aromatic rings. The molecule has 2 aromatic heterocycles. The van der Waals surface area contributed by atoms with Crippen molar-refractivity contribution in [3.63, 3.8) is 0 Å². The molecular formula is C14H20N8O3. The number of primary amides is 1. The molecule has 1 fully saturated rings. The van der Waals surface area contributed by atoms with E-state index in [1.165, 1.54) is 6.92 Å². The molecule has 0 aromatic carbocycles. The molecule has 2 heterocycles. The van der Waals surface area contributed by atoms with Crippen LogP contribution < -0.4 is 16.4 Å². The third kappa shape index (κ3) is 3.82. The quantitative estimate of drug-likeness (QED) is 0.574. The van der Waals surface area contributed by atoms with Crippen molar-refractivity contribution in [3.8, 4) is 0 Å². The molecule has 0 aliphatic heterocycles. The smallest absolute Gasteiger partial charge is 0.290 e. The molecule has 11 nitrogen and oxygen atoms in total. The van der Waals surface area contributed by atoms with Crippen molar-refractivity contribution in [2.45, 2.75) is 44.8 Å². The van der Waals surface area contributed by atoms with Gasteiger partial charge in [0.15, 0.2) is 0 Å². The van der Waals surface area contributed by atoms with Crippen LogP contribution >= 0.6 is 0 Å². The van der Waals surface area contributed by atoms with Crippen LogP contribution in [0.1, 0.15) is 53.8 Å². The zero-order chi connectivity index (χ0) is 18.0. The predicted molar refractivity (Wildman–Crippen MR) is 83.9 cm³/mol. The highest BCUT2D eigenvalue weighted by Crippen LogP contribution is 2.35. The Morgan fingerprint density at radius 1 is 1.32 bits per heavy atom. The van der Waals surface area contributed by atoms with Crippen LogP contribution in [-0.2, 0) is 24.9 Å². The summed E-state index contributed by atoms with van der Waals surface area (Å²) in [6.45, 7) is 2.27. The zero-order valence-corrected chi connectivity index (χ0v) is 14.0. The molecule has 134 valence electrons. The largest absolute Gasteiger partial charge is 0.363 e. The Hall–Kier alpha value is -2.82. The lowest BCUT2D eigenvalue weighted by Crippen LogP contribution is -2.43. The summed E-state index contributed by atoms with van der Waals surface area (Å²) in [6, 6.07) is 0.220. The number of amides is 2. The van der Waals surface area contributed by atoms with Gasteiger partial charge in [0, 0.05) is 25.9 Å². The van der Waals surface area contributed by atoms with Crippen molar-refractivity contribution in [1.29, 1.82) is 0 Å². The molecule has 0 atom stereocenters. The average Bonchev–Trinajstić information content (AvgIpc) is 3.11. The van der Waals surface area contributed by atoms with E-state index in [4.69, 9.17) is 10.3 Å². The lowest BCUT2D eigenvalue weighted by molar-refractivity contribution is -0.120. The molecule has 0 unspecified atom stereocenters. The number of carbonyl (C=O) groups is 2. The van der Waals surface area contributed by atoms with Crippen LogP contribution in [0, 0.1) is 0 Å². The van der Waals surface area contributed by atoms with Gasteiger partial charge in [0.05, 0.1) is 13.1 Å². The van der Waals surface area contributed by atoms with Crippen LogP contribution in [0.15, 0.2) is 4.52 Å². The van der Waals surface area contributed by atoms with Gasteiger partial charge in [0.1, 0.15) is 11.6 Å². The van der Waals surface area contributed by atoms with Crippen molar-refractivity contribution < 1.29 is 14.1 Å². The summed E-state index contributed by atoms with van der Waals surface area (Å²) < 4.78 is 6.85. The summed E-state index contributed by atoms with van der Waals surface area (Å²) in [5.41, 5.74) is 5.06. The predicted octanol–water partition coefficient (Wildman–Crippen LogP) is -1.03. The van der Waals surface area contributed by atoms with Gasteiger partial charge in [-0.25, -0.2) is 0 Å². The summed E-state index contributed by atoms with van der Waals surface area (Å²) in [5, 5.41) is 17.9. The van der Waals surface area contributed by atoms with Crippen LogP contribution in [0.3, 0.4) is 0 Å². The fourth-order valence-electron chi connectivity index (χ4n) is 2.83. The van der Waals surface area contributed by atoms with Gasteiger partial charge in [-0.3, -0.25) is 9.59 Å². The molecule has 4 N–H and O–H groups in total. The topological polar surface area (TPSA) is 154 Å². The molecule has 0 radical (unpaired) electrons. The van der Waals surface area contributed by atoms with Gasteiger partial charge in [-0.1, -0.05) is 5.16 Å². The Kier molecular flexibility index (Phi) is 4.74. The summed E-state index contributed by atoms with van der Waals surface area (Å²) in [6.07, 6.45) is 1.74. The SMILES string of the molecule is CC(=O)NC1CC(c2nnc(CNCc3nc(C(N)=O)no3)n2C)C1. The van der Waals surface area contributed by atoms with Crippen molar-refractivity contribution >= 4 is 11.8 Å². The van der Waals surface area contributed by atoms with E-state index in [2.05, 4.69) is 31.0 Å². The molecule has 3 rings (SSSR count). The maximum atomic E-state index is 11.0. The highest BCUT2D eigenvalue weighted by atomic mass is 16.5. The van der Waals surface area contributed by atoms with E-state index in [0.717, 1.165) is 24.5 Å². The Bertz CT molecular complexity index is 777. The molecule has 0 saturated heterocycles. The standard InChI is InChI=1S/C14H20N8O3/c1-7(23)17-9-3-8(4-9)14-20-19-10(22(14)2)5-16-6-11-18-13(12(15)24)21-25-11/h8-9,16H,3-6H2,1-2H3,(H2,15,24)(H,17,23). The number of aromatic nitrogens is 5. The van der Waals surface area contributed by atoms with Crippen LogP contribution in [0.5, 0.6) is 0 Å². The van der Waals surface area contributed by atoms with Crippen molar-refractivity contribution in [2.75, 3.05) is 0 Å². The first kappa shape index (κ1) is 17.0. The number of nitrogens with zero attached hydrogens (tertiary/aromatic N) is 5. The van der Waals surface area contributed by atoms with E-state index in [-0.39, 0.29) is 30.2 Å². The molecular weight excluding hydrogens is 328 g/mol. The van der Waals surface area contributed by atoms with Crippen molar-refractivity contribution in [3.05, 3.63) is 23.4 Å². The molecule has 1 aliphatic rings. The molecule has 1 saturated carbocycles. The van der Waals surface area contributed by atoms with Crippen LogP contribution in [-0.4, -0.2) is 42.8 Å². The minimum absolute atomic E-state index is 0.00757. The minimum atomic E-state index is -0.731. The van der Waals surface area contributed by atoms with E-state index < -0.39 is 5.91 Å². The van der Waals surface area contributed by atoms with Crippen LogP contribution in [0.2, 0.25) is 0 Å². The van der Waals surface area contributed by atoms with Crippen molar-refractivity contribution in [2.24, 2.45) is 12.8 Å². The molecule has 0 bridgehead atoms. The van der Waals surface area contributed by atoms with Gasteiger partial charge < -0.3 is 25.5 Å². The van der Waals surface area contributed by atoms with Crippen LogP contribution in [0.25, 0.3) is 0 Å². The maximum absolute atomic E-state index is 11.0. The first-order chi connectivity index (χ1) is 11.9. The first-order valence-electron chi connectivity index (χ1n) is 7.92. The third-order valence-electron chi connectivity index (χ3n) is 4.16. The monoisotopic (exact) mass is 348 g/mol. The van der Waals surface area contributed by atoms with E-state index in [1.807, 2.05) is 11.6 Å². The van der Waals surface area contributed by atoms with E-state index in [9.17, 15) is 9.59 Å². The number of hydrogen-bond donors (Lipinski definition) is 3. The number of rotatable bonds is 7. The van der Waals surface area contributed by atoms with E-state index >= 15 is 0 Å². The molecule has 1 aliphatic carbocycles. The van der Waals surface area contributed by atoms with Gasteiger partial charge in [-0.15, -0.1) is 10.2 Å². The Balaban J connectivity index is 1.50. The summed E-state index contributed by atoms with van der Waals surface area (Å²) in [5.74, 6) is 1.37. The Morgan fingerprint density at radius 2 is 2.08 bits per heavy atom. The second-order valence-corrected chi connectivity index (χ2v) is 6.08. The third-order valence-corrected chi connectivity index (χ3v) is 4.16. The maximum Gasteiger partial charge on any atom is 0.290 e. The Morgan fingerprint density at radius 3 is 2.72 bits per heavy atom. The average molecular weight is 348 g/mol. The lowest BCUT2D eigenvalue weighted by atomic mass is 9.79. The number of nitrogens with two attached hydrogens (primary N) is 1. The Labute approximate surface area is 143 Å². The van der Waals surface area contributed by atoms with Gasteiger partial charge in [0.25, 0.3) is 11.7 Å². The highest BCUT2D eigenvalue weighted by molar-refractivity contribution is 5.88. The second-order valence-electron chi connectivity index (χ2n) is 6.08. The van der Waals surface area contributed by atoms with Crippen LogP contribution in [0.4, 0.5) is 0 Å². The normalized spacial score (nSPS) is 19.4.